The molecule has 0 atom stereocenters. The molecule has 1 aliphatic heterocycles. The third-order valence-corrected chi connectivity index (χ3v) is 4.18. The summed E-state index contributed by atoms with van der Waals surface area (Å²) in [7, 11) is 0. The molecule has 0 radical (unpaired) electrons. The van der Waals surface area contributed by atoms with E-state index in [1.54, 1.807) is 0 Å². The van der Waals surface area contributed by atoms with Crippen molar-refractivity contribution < 1.29 is 14.4 Å². The van der Waals surface area contributed by atoms with Crippen molar-refractivity contribution in [2.45, 2.75) is 56.9 Å². The molecule has 1 saturated carbocycles. The van der Waals surface area contributed by atoms with Gasteiger partial charge < -0.3 is 5.32 Å². The maximum atomic E-state index is 12.5. The first kappa shape index (κ1) is 14.8. The summed E-state index contributed by atoms with van der Waals surface area (Å²) in [5, 5.41) is 2.85. The largest absolute Gasteiger partial charge is 0.325 e. The molecule has 1 aliphatic carbocycles. The smallest absolute Gasteiger partial charge is 0.323 e. The number of hydrogen-bond donors (Lipinski definition) is 3. The molecule has 7 heteroatoms. The first-order valence-electron chi connectivity index (χ1n) is 7.23. The van der Waals surface area contributed by atoms with Gasteiger partial charge in [-0.25, -0.2) is 10.6 Å². The quantitative estimate of drug-likeness (QED) is 0.301. The van der Waals surface area contributed by atoms with Crippen molar-refractivity contribution in [3.05, 3.63) is 0 Å². The van der Waals surface area contributed by atoms with Gasteiger partial charge >= 0.3 is 6.03 Å². The molecular weight excluding hydrogens is 260 g/mol. The van der Waals surface area contributed by atoms with Crippen LogP contribution in [0.2, 0.25) is 0 Å². The van der Waals surface area contributed by atoms with Gasteiger partial charge in [-0.2, -0.15) is 0 Å². The summed E-state index contributed by atoms with van der Waals surface area (Å²) in [5.74, 6) is 4.43. The lowest BCUT2D eigenvalue weighted by Gasteiger charge is -2.28. The van der Waals surface area contributed by atoms with Crippen molar-refractivity contribution >= 4 is 17.8 Å². The van der Waals surface area contributed by atoms with Crippen molar-refractivity contribution in [2.24, 2.45) is 5.84 Å². The fourth-order valence-corrected chi connectivity index (χ4v) is 3.01. The van der Waals surface area contributed by atoms with Gasteiger partial charge in [-0.3, -0.25) is 19.9 Å². The minimum absolute atomic E-state index is 0.0335. The van der Waals surface area contributed by atoms with Gasteiger partial charge in [-0.1, -0.05) is 32.1 Å². The number of hydrogen-bond acceptors (Lipinski definition) is 4. The van der Waals surface area contributed by atoms with Crippen LogP contribution in [-0.2, 0) is 9.59 Å². The Hall–Kier alpha value is -1.63. The molecule has 4 N–H and O–H groups in total. The van der Waals surface area contributed by atoms with Crippen LogP contribution in [0, 0.1) is 0 Å². The van der Waals surface area contributed by atoms with E-state index in [0.717, 1.165) is 30.6 Å². The molecular formula is C13H22N4O3. The third-order valence-electron chi connectivity index (χ3n) is 4.18. The summed E-state index contributed by atoms with van der Waals surface area (Å²) in [4.78, 5) is 36.8. The van der Waals surface area contributed by atoms with Gasteiger partial charge in [-0.15, -0.1) is 0 Å². The monoisotopic (exact) mass is 282 g/mol. The fourth-order valence-electron chi connectivity index (χ4n) is 3.01. The van der Waals surface area contributed by atoms with E-state index in [0.29, 0.717) is 12.8 Å². The zero-order valence-corrected chi connectivity index (χ0v) is 11.6. The molecule has 0 aromatic carbocycles. The van der Waals surface area contributed by atoms with E-state index in [1.807, 2.05) is 5.43 Å². The van der Waals surface area contributed by atoms with Crippen LogP contribution in [0.1, 0.15) is 51.4 Å². The predicted molar refractivity (Wildman–Crippen MR) is 72.2 cm³/mol. The Morgan fingerprint density at radius 1 is 1.20 bits per heavy atom. The first-order valence-corrected chi connectivity index (χ1v) is 7.23. The van der Waals surface area contributed by atoms with Crippen LogP contribution < -0.4 is 16.6 Å². The number of hydrazine groups is 1. The highest BCUT2D eigenvalue weighted by Crippen LogP contribution is 2.32. The molecule has 20 heavy (non-hydrogen) atoms. The molecule has 2 rings (SSSR count). The fraction of sp³-hybridized carbons (Fsp3) is 0.769. The van der Waals surface area contributed by atoms with Gasteiger partial charge in [0.15, 0.2) is 0 Å². The minimum Gasteiger partial charge on any atom is -0.323 e. The van der Waals surface area contributed by atoms with Gasteiger partial charge in [-0.05, 0) is 12.8 Å². The lowest BCUT2D eigenvalue weighted by Crippen LogP contribution is -2.47. The van der Waals surface area contributed by atoms with E-state index in [9.17, 15) is 14.4 Å². The molecule has 112 valence electrons. The number of imide groups is 1. The third kappa shape index (κ3) is 2.92. The van der Waals surface area contributed by atoms with Gasteiger partial charge in [0.05, 0.1) is 0 Å². The van der Waals surface area contributed by atoms with Crippen LogP contribution in [0.15, 0.2) is 0 Å². The number of rotatable bonds is 3. The Labute approximate surface area is 118 Å². The van der Waals surface area contributed by atoms with Crippen molar-refractivity contribution in [2.75, 3.05) is 6.54 Å². The van der Waals surface area contributed by atoms with E-state index < -0.39 is 5.54 Å². The molecule has 1 spiro atoms. The SMILES string of the molecule is NNC(=O)CCN1C(=O)NC2(CCCCCCC2)C1=O. The van der Waals surface area contributed by atoms with Crippen molar-refractivity contribution in [1.29, 1.82) is 0 Å². The van der Waals surface area contributed by atoms with E-state index >= 15 is 0 Å². The molecule has 7 nitrogen and oxygen atoms in total. The zero-order chi connectivity index (χ0) is 14.6. The molecule has 1 heterocycles. The van der Waals surface area contributed by atoms with Crippen LogP contribution >= 0.6 is 0 Å². The lowest BCUT2D eigenvalue weighted by molar-refractivity contribution is -0.132. The number of carbonyl (C=O) groups is 3. The van der Waals surface area contributed by atoms with Crippen LogP contribution in [0.4, 0.5) is 4.79 Å². The Kier molecular flexibility index (Phi) is 4.59. The number of carbonyl (C=O) groups excluding carboxylic acids is 3. The summed E-state index contributed by atoms with van der Waals surface area (Å²) < 4.78 is 0. The van der Waals surface area contributed by atoms with Crippen LogP contribution in [0.5, 0.6) is 0 Å². The average Bonchev–Trinajstić information content (AvgIpc) is 2.64. The Bertz CT molecular complexity index is 402. The maximum Gasteiger partial charge on any atom is 0.325 e. The standard InChI is InChI=1S/C13H22N4O3/c14-16-10(18)6-9-17-11(19)13(15-12(17)20)7-4-2-1-3-5-8-13/h1-9,14H2,(H,15,20)(H,16,18). The minimum atomic E-state index is -0.739. The summed E-state index contributed by atoms with van der Waals surface area (Å²) in [6, 6.07) is -0.389. The molecule has 0 aromatic heterocycles. The van der Waals surface area contributed by atoms with E-state index in [4.69, 9.17) is 5.84 Å². The Balaban J connectivity index is 2.04. The summed E-state index contributed by atoms with van der Waals surface area (Å²) in [6.45, 7) is 0.0788. The van der Waals surface area contributed by atoms with E-state index in [2.05, 4.69) is 5.32 Å². The van der Waals surface area contributed by atoms with Crippen molar-refractivity contribution in [3.8, 4) is 0 Å². The van der Waals surface area contributed by atoms with E-state index in [-0.39, 0.29) is 30.8 Å². The number of nitrogens with two attached hydrogens (primary N) is 1. The normalized spacial score (nSPS) is 22.4. The highest BCUT2D eigenvalue weighted by Gasteiger charge is 2.50. The van der Waals surface area contributed by atoms with Crippen molar-refractivity contribution in [3.63, 3.8) is 0 Å². The molecule has 2 aliphatic rings. The second kappa shape index (κ2) is 6.21. The van der Waals surface area contributed by atoms with Gasteiger partial charge in [0, 0.05) is 13.0 Å². The zero-order valence-electron chi connectivity index (χ0n) is 11.6. The first-order chi connectivity index (χ1) is 9.59. The summed E-state index contributed by atoms with van der Waals surface area (Å²) in [5.41, 5.74) is 1.26. The number of nitrogens with zero attached hydrogens (tertiary/aromatic N) is 1. The van der Waals surface area contributed by atoms with Crippen LogP contribution in [-0.4, -0.2) is 34.8 Å². The molecule has 0 bridgehead atoms. The summed E-state index contributed by atoms with van der Waals surface area (Å²) >= 11 is 0. The second-order valence-electron chi connectivity index (χ2n) is 5.55. The Morgan fingerprint density at radius 3 is 2.40 bits per heavy atom. The molecule has 4 amide bonds. The lowest BCUT2D eigenvalue weighted by atomic mass is 9.84. The summed E-state index contributed by atoms with van der Waals surface area (Å²) in [6.07, 6.45) is 6.70. The van der Waals surface area contributed by atoms with Gasteiger partial charge in [0.1, 0.15) is 5.54 Å². The molecule has 1 saturated heterocycles. The number of urea groups is 1. The van der Waals surface area contributed by atoms with Crippen LogP contribution in [0.25, 0.3) is 0 Å². The van der Waals surface area contributed by atoms with Gasteiger partial charge in [0.25, 0.3) is 5.91 Å². The van der Waals surface area contributed by atoms with Crippen molar-refractivity contribution in [1.82, 2.24) is 15.6 Å². The number of amides is 4. The van der Waals surface area contributed by atoms with Gasteiger partial charge in [0.2, 0.25) is 5.91 Å². The highest BCUT2D eigenvalue weighted by molar-refractivity contribution is 6.07. The maximum absolute atomic E-state index is 12.5. The van der Waals surface area contributed by atoms with Crippen LogP contribution in [0.3, 0.4) is 0 Å². The topological polar surface area (TPSA) is 105 Å². The molecule has 2 fully saturated rings. The average molecular weight is 282 g/mol. The van der Waals surface area contributed by atoms with E-state index in [1.165, 1.54) is 6.42 Å². The molecule has 0 aromatic rings. The second-order valence-corrected chi connectivity index (χ2v) is 5.55. The Morgan fingerprint density at radius 2 is 1.80 bits per heavy atom. The highest BCUT2D eigenvalue weighted by atomic mass is 16.2. The number of nitrogens with one attached hydrogen (secondary N) is 2. The predicted octanol–water partition coefficient (Wildman–Crippen LogP) is 0.401. The molecule has 0 unspecified atom stereocenters.